The predicted octanol–water partition coefficient (Wildman–Crippen LogP) is 7.73. The molecule has 2 saturated carbocycles. The van der Waals surface area contributed by atoms with Crippen LogP contribution in [0.15, 0.2) is 35.3 Å². The Morgan fingerprint density at radius 1 is 1.17 bits per heavy atom. The Morgan fingerprint density at radius 3 is 2.56 bits per heavy atom. The van der Waals surface area contributed by atoms with Crippen LogP contribution in [0.3, 0.4) is 0 Å². The quantitative estimate of drug-likeness (QED) is 0.225. The molecule has 6 rings (SSSR count). The number of hydrogen-bond acceptors (Lipinski definition) is 9. The maximum atomic E-state index is 14.2. The highest BCUT2D eigenvalue weighted by Crippen LogP contribution is 2.49. The third-order valence-electron chi connectivity index (χ3n) is 11.0. The first kappa shape index (κ1) is 38.2. The van der Waals surface area contributed by atoms with Gasteiger partial charge in [0.15, 0.2) is 5.78 Å². The number of pyridine rings is 1. The smallest absolute Gasteiger partial charge is 0.411 e. The van der Waals surface area contributed by atoms with E-state index < -0.39 is 41.4 Å². The van der Waals surface area contributed by atoms with Crippen molar-refractivity contribution >= 4 is 45.4 Å². The van der Waals surface area contributed by atoms with E-state index in [4.69, 9.17) is 19.2 Å². The number of Topliss-reactive ketones (excluding diaryl/α,β-unsaturated/α-hetero) is 1. The first-order chi connectivity index (χ1) is 24.6. The molecule has 5 unspecified atom stereocenters. The number of likely N-dealkylation sites (tertiary alicyclic amines) is 1. The number of ketones is 1. The van der Waals surface area contributed by atoms with E-state index in [1.54, 1.807) is 39.6 Å². The van der Waals surface area contributed by atoms with Crippen LogP contribution in [-0.4, -0.2) is 75.8 Å². The molecule has 11 heteroatoms. The minimum absolute atomic E-state index is 0.0109. The molecule has 282 valence electrons. The van der Waals surface area contributed by atoms with Gasteiger partial charge in [-0.15, -0.1) is 0 Å². The Labute approximate surface area is 312 Å². The van der Waals surface area contributed by atoms with Gasteiger partial charge < -0.3 is 24.6 Å². The zero-order valence-corrected chi connectivity index (χ0v) is 32.7. The van der Waals surface area contributed by atoms with Gasteiger partial charge in [0.2, 0.25) is 5.91 Å². The molecule has 3 heterocycles. The highest BCUT2D eigenvalue weighted by atomic mass is 32.2. The number of nitrogens with zero attached hydrogens (tertiary/aromatic N) is 2. The van der Waals surface area contributed by atoms with Gasteiger partial charge in [-0.25, -0.2) is 9.78 Å². The van der Waals surface area contributed by atoms with Gasteiger partial charge >= 0.3 is 6.09 Å². The van der Waals surface area contributed by atoms with Crippen LogP contribution in [0.2, 0.25) is 0 Å². The lowest BCUT2D eigenvalue weighted by molar-refractivity contribution is -0.132. The Bertz CT molecular complexity index is 1780. The van der Waals surface area contributed by atoms with Crippen LogP contribution in [0, 0.1) is 24.7 Å². The average molecular weight is 734 g/mol. The number of methoxy groups -OCH3 is 1. The average Bonchev–Trinajstić information content (AvgIpc) is 4.01. The fraction of sp³-hybridized carbons (Fsp3) is 0.610. The molecule has 10 nitrogen and oxygen atoms in total. The number of aliphatic hydroxyl groups is 1. The number of benzene rings is 1. The maximum Gasteiger partial charge on any atom is 0.411 e. The SMILES string of the molecule is CCC1CC1(NC(=O)C1CC(Oc2cc(C3=CCCC(C(C)C)=CS3)nc3c(C)c(OC)ccc23)CN1C(=O)OC(C)(C)C)C(=O)CC(O)C1CC1. The largest absolute Gasteiger partial charge is 0.496 e. The van der Waals surface area contributed by atoms with Gasteiger partial charge in [-0.2, -0.15) is 0 Å². The molecule has 1 aromatic heterocycles. The number of thioether (sulfide) groups is 1. The van der Waals surface area contributed by atoms with E-state index in [1.807, 2.05) is 32.0 Å². The number of aliphatic hydroxyl groups excluding tert-OH is 1. The van der Waals surface area contributed by atoms with Gasteiger partial charge in [0.1, 0.15) is 34.8 Å². The van der Waals surface area contributed by atoms with Gasteiger partial charge in [-0.3, -0.25) is 14.5 Å². The first-order valence-electron chi connectivity index (χ1n) is 18.9. The van der Waals surface area contributed by atoms with E-state index in [1.165, 1.54) is 10.5 Å². The van der Waals surface area contributed by atoms with E-state index in [9.17, 15) is 19.5 Å². The molecule has 2 N–H and O–H groups in total. The summed E-state index contributed by atoms with van der Waals surface area (Å²) in [6, 6.07) is 4.89. The summed E-state index contributed by atoms with van der Waals surface area (Å²) >= 11 is 1.67. The molecule has 4 aliphatic rings. The van der Waals surface area contributed by atoms with Crippen LogP contribution in [-0.2, 0) is 14.3 Å². The zero-order valence-electron chi connectivity index (χ0n) is 31.9. The second-order valence-corrected chi connectivity index (χ2v) is 17.2. The van der Waals surface area contributed by atoms with Crippen molar-refractivity contribution in [2.24, 2.45) is 17.8 Å². The summed E-state index contributed by atoms with van der Waals surface area (Å²) in [5.74, 6) is 1.40. The summed E-state index contributed by atoms with van der Waals surface area (Å²) in [7, 11) is 1.64. The summed E-state index contributed by atoms with van der Waals surface area (Å²) < 4.78 is 18.2. The summed E-state index contributed by atoms with van der Waals surface area (Å²) in [5, 5.41) is 16.7. The standard InChI is InChI=1S/C41H55N3O7S/c1-9-27-20-41(27,36(46)19-32(45)25-13-14-25)43-38(47)31-17-28(21-44(31)39(48)51-40(5,6)7)50-34-18-30(35-12-10-11-26(22-52-35)23(2)3)42-37-24(4)33(49-8)16-15-29(34)37/h12,15-16,18,22-23,25,27-28,31-32,45H,9-11,13-14,17,19-21H2,1-8H3,(H,43,47). The molecule has 2 aliphatic carbocycles. The number of nitrogens with one attached hydrogen (secondary N) is 1. The fourth-order valence-corrected chi connectivity index (χ4v) is 8.68. The molecular formula is C41H55N3O7S. The number of carbonyl (C=O) groups excluding carboxylic acids is 3. The molecule has 2 amide bonds. The van der Waals surface area contributed by atoms with Crippen molar-refractivity contribution in [3.05, 3.63) is 46.5 Å². The van der Waals surface area contributed by atoms with Crippen molar-refractivity contribution in [3.63, 3.8) is 0 Å². The summed E-state index contributed by atoms with van der Waals surface area (Å²) in [4.78, 5) is 49.1. The second kappa shape index (κ2) is 15.0. The highest BCUT2D eigenvalue weighted by molar-refractivity contribution is 8.10. The molecule has 0 radical (unpaired) electrons. The predicted molar refractivity (Wildman–Crippen MR) is 204 cm³/mol. The van der Waals surface area contributed by atoms with E-state index in [-0.39, 0.29) is 37.0 Å². The number of ether oxygens (including phenoxy) is 3. The second-order valence-electron chi connectivity index (χ2n) is 16.3. The van der Waals surface area contributed by atoms with Crippen LogP contribution in [0.5, 0.6) is 11.5 Å². The Morgan fingerprint density at radius 2 is 1.92 bits per heavy atom. The number of rotatable bonds is 12. The molecule has 0 bridgehead atoms. The van der Waals surface area contributed by atoms with Crippen molar-refractivity contribution in [2.45, 2.75) is 129 Å². The van der Waals surface area contributed by atoms with Crippen molar-refractivity contribution in [1.29, 1.82) is 0 Å². The van der Waals surface area contributed by atoms with Gasteiger partial charge in [0.05, 0.1) is 31.0 Å². The van der Waals surface area contributed by atoms with E-state index >= 15 is 0 Å². The number of aryl methyl sites for hydroxylation is 1. The minimum Gasteiger partial charge on any atom is -0.496 e. The van der Waals surface area contributed by atoms with Crippen LogP contribution in [0.4, 0.5) is 4.79 Å². The van der Waals surface area contributed by atoms with E-state index in [0.717, 1.165) is 64.9 Å². The molecule has 0 spiro atoms. The Hall–Kier alpha value is -3.57. The number of fused-ring (bicyclic) bond motifs is 1. The number of amides is 2. The van der Waals surface area contributed by atoms with Crippen molar-refractivity contribution in [3.8, 4) is 11.5 Å². The lowest BCUT2D eigenvalue weighted by atomic mass is 9.98. The fourth-order valence-electron chi connectivity index (χ4n) is 7.57. The van der Waals surface area contributed by atoms with Crippen molar-refractivity contribution < 1.29 is 33.7 Å². The molecule has 52 heavy (non-hydrogen) atoms. The molecule has 2 aromatic rings. The van der Waals surface area contributed by atoms with Crippen LogP contribution < -0.4 is 14.8 Å². The first-order valence-corrected chi connectivity index (χ1v) is 19.8. The molecule has 3 fully saturated rings. The van der Waals surface area contributed by atoms with Crippen molar-refractivity contribution in [1.82, 2.24) is 15.2 Å². The summed E-state index contributed by atoms with van der Waals surface area (Å²) in [6.07, 6.45) is 5.63. The molecule has 1 aromatic carbocycles. The number of carbonyl (C=O) groups is 3. The minimum atomic E-state index is -1.03. The monoisotopic (exact) mass is 733 g/mol. The van der Waals surface area contributed by atoms with Gasteiger partial charge in [0, 0.05) is 34.8 Å². The maximum absolute atomic E-state index is 14.2. The van der Waals surface area contributed by atoms with Gasteiger partial charge in [-0.1, -0.05) is 50.6 Å². The molecular weight excluding hydrogens is 679 g/mol. The molecule has 1 saturated heterocycles. The van der Waals surface area contributed by atoms with Crippen LogP contribution in [0.1, 0.15) is 104 Å². The third-order valence-corrected chi connectivity index (χ3v) is 12.0. The van der Waals surface area contributed by atoms with Crippen LogP contribution in [0.25, 0.3) is 15.8 Å². The number of allylic oxidation sites excluding steroid dienone is 2. The highest BCUT2D eigenvalue weighted by Gasteiger charge is 2.60. The molecule has 2 aliphatic heterocycles. The normalized spacial score (nSPS) is 25.3. The van der Waals surface area contributed by atoms with Crippen LogP contribution >= 0.6 is 11.8 Å². The van der Waals surface area contributed by atoms with Gasteiger partial charge in [-0.05, 0) is 95.1 Å². The zero-order chi connectivity index (χ0) is 37.5. The Kier molecular flexibility index (Phi) is 11.0. The lowest BCUT2D eigenvalue weighted by Crippen LogP contribution is -2.54. The van der Waals surface area contributed by atoms with E-state index in [2.05, 4.69) is 30.6 Å². The lowest BCUT2D eigenvalue weighted by Gasteiger charge is -2.29. The van der Waals surface area contributed by atoms with Crippen molar-refractivity contribution in [2.75, 3.05) is 13.7 Å². The number of aromatic nitrogens is 1. The molecule has 5 atom stereocenters. The third kappa shape index (κ3) is 8.15. The summed E-state index contributed by atoms with van der Waals surface area (Å²) in [6.45, 7) is 13.9. The van der Waals surface area contributed by atoms with E-state index in [0.29, 0.717) is 18.1 Å². The topological polar surface area (TPSA) is 127 Å². The summed E-state index contributed by atoms with van der Waals surface area (Å²) in [5.41, 5.74) is 2.03. The van der Waals surface area contributed by atoms with Gasteiger partial charge in [0.25, 0.3) is 0 Å². The Balaban J connectivity index is 1.30. The number of hydrogen-bond donors (Lipinski definition) is 2.